The van der Waals surface area contributed by atoms with Crippen LogP contribution in [0.1, 0.15) is 45.4 Å². The minimum atomic E-state index is 0.361. The Balaban J connectivity index is 1.64. The lowest BCUT2D eigenvalue weighted by atomic mass is 9.78. The van der Waals surface area contributed by atoms with E-state index in [2.05, 4.69) is 11.8 Å². The molecule has 1 aliphatic heterocycles. The SMILES string of the molecule is CCOC1CCN(C2(CN)CC3CCC2C3)CC1. The molecule has 3 atom stereocenters. The highest BCUT2D eigenvalue weighted by atomic mass is 16.5. The van der Waals surface area contributed by atoms with Crippen LogP contribution in [-0.4, -0.2) is 42.8 Å². The van der Waals surface area contributed by atoms with E-state index in [1.165, 1.54) is 51.6 Å². The number of ether oxygens (including phenoxy) is 1. The molecule has 2 saturated carbocycles. The Morgan fingerprint density at radius 3 is 2.50 bits per heavy atom. The van der Waals surface area contributed by atoms with E-state index in [0.29, 0.717) is 11.6 Å². The van der Waals surface area contributed by atoms with E-state index in [9.17, 15) is 0 Å². The van der Waals surface area contributed by atoms with Gasteiger partial charge in [0.2, 0.25) is 0 Å². The van der Waals surface area contributed by atoms with Crippen LogP contribution in [0.3, 0.4) is 0 Å². The lowest BCUT2D eigenvalue weighted by Crippen LogP contribution is -2.59. The zero-order valence-corrected chi connectivity index (χ0v) is 11.7. The van der Waals surface area contributed by atoms with Crippen LogP contribution >= 0.6 is 0 Å². The molecule has 1 heterocycles. The van der Waals surface area contributed by atoms with Crippen molar-refractivity contribution in [3.8, 4) is 0 Å². The minimum absolute atomic E-state index is 0.361. The number of nitrogens with two attached hydrogens (primary N) is 1. The van der Waals surface area contributed by atoms with Crippen LogP contribution in [0, 0.1) is 11.8 Å². The predicted molar refractivity (Wildman–Crippen MR) is 73.5 cm³/mol. The van der Waals surface area contributed by atoms with Gasteiger partial charge in [0, 0.05) is 31.8 Å². The van der Waals surface area contributed by atoms with Crippen LogP contribution in [0.5, 0.6) is 0 Å². The highest BCUT2D eigenvalue weighted by molar-refractivity contribution is 5.08. The van der Waals surface area contributed by atoms with Crippen molar-refractivity contribution < 1.29 is 4.74 Å². The maximum atomic E-state index is 6.21. The van der Waals surface area contributed by atoms with Crippen LogP contribution < -0.4 is 5.73 Å². The average Bonchev–Trinajstić information content (AvgIpc) is 3.01. The molecule has 0 amide bonds. The molecule has 0 radical (unpaired) electrons. The summed E-state index contributed by atoms with van der Waals surface area (Å²) in [5, 5.41) is 0. The summed E-state index contributed by atoms with van der Waals surface area (Å²) < 4.78 is 5.76. The van der Waals surface area contributed by atoms with Crippen LogP contribution in [0.25, 0.3) is 0 Å². The van der Waals surface area contributed by atoms with Crippen molar-refractivity contribution in [3.05, 3.63) is 0 Å². The van der Waals surface area contributed by atoms with E-state index in [0.717, 1.165) is 25.0 Å². The largest absolute Gasteiger partial charge is 0.378 e. The summed E-state index contributed by atoms with van der Waals surface area (Å²) in [4.78, 5) is 2.73. The number of rotatable bonds is 4. The molecule has 1 saturated heterocycles. The van der Waals surface area contributed by atoms with Crippen molar-refractivity contribution in [2.75, 3.05) is 26.2 Å². The van der Waals surface area contributed by atoms with Crippen molar-refractivity contribution >= 4 is 0 Å². The number of likely N-dealkylation sites (tertiary alicyclic amines) is 1. The average molecular weight is 252 g/mol. The fraction of sp³-hybridized carbons (Fsp3) is 1.00. The second-order valence-corrected chi connectivity index (χ2v) is 6.53. The molecule has 3 unspecified atom stereocenters. The zero-order chi connectivity index (χ0) is 12.6. The van der Waals surface area contributed by atoms with Gasteiger partial charge in [0.25, 0.3) is 0 Å². The molecule has 3 nitrogen and oxygen atoms in total. The Hall–Kier alpha value is -0.120. The standard InChI is InChI=1S/C15H28N2O/c1-2-18-14-5-7-17(8-6-14)15(11-16)10-12-3-4-13(15)9-12/h12-14H,2-11,16H2,1H3. The predicted octanol–water partition coefficient (Wildman–Crippen LogP) is 2.00. The van der Waals surface area contributed by atoms with Gasteiger partial charge in [-0.3, -0.25) is 4.90 Å². The molecule has 3 aliphatic rings. The highest BCUT2D eigenvalue weighted by Crippen LogP contribution is 2.53. The lowest BCUT2D eigenvalue weighted by Gasteiger charge is -2.49. The Kier molecular flexibility index (Phi) is 3.65. The number of hydrogen-bond acceptors (Lipinski definition) is 3. The fourth-order valence-corrected chi connectivity index (χ4v) is 4.88. The Morgan fingerprint density at radius 2 is 2.00 bits per heavy atom. The number of nitrogens with zero attached hydrogens (tertiary/aromatic N) is 1. The maximum Gasteiger partial charge on any atom is 0.0599 e. The summed E-state index contributed by atoms with van der Waals surface area (Å²) in [5.74, 6) is 1.86. The molecule has 0 spiro atoms. The zero-order valence-electron chi connectivity index (χ0n) is 11.7. The second kappa shape index (κ2) is 5.10. The van der Waals surface area contributed by atoms with E-state index in [4.69, 9.17) is 10.5 Å². The van der Waals surface area contributed by atoms with Crippen molar-refractivity contribution in [2.45, 2.75) is 57.1 Å². The normalized spacial score (nSPS) is 41.7. The third-order valence-electron chi connectivity index (χ3n) is 5.77. The van der Waals surface area contributed by atoms with Crippen LogP contribution in [0.4, 0.5) is 0 Å². The third-order valence-corrected chi connectivity index (χ3v) is 5.77. The summed E-state index contributed by atoms with van der Waals surface area (Å²) >= 11 is 0. The number of hydrogen-bond donors (Lipinski definition) is 1. The van der Waals surface area contributed by atoms with Crippen LogP contribution in [-0.2, 0) is 4.74 Å². The van der Waals surface area contributed by atoms with Crippen molar-refractivity contribution in [1.82, 2.24) is 4.90 Å². The maximum absolute atomic E-state index is 6.21. The fourth-order valence-electron chi connectivity index (χ4n) is 4.88. The monoisotopic (exact) mass is 252 g/mol. The molecule has 2 N–H and O–H groups in total. The smallest absolute Gasteiger partial charge is 0.0599 e. The first kappa shape index (κ1) is 12.9. The van der Waals surface area contributed by atoms with E-state index in [1.807, 2.05) is 0 Å². The van der Waals surface area contributed by atoms with E-state index in [1.54, 1.807) is 0 Å². The Morgan fingerprint density at radius 1 is 1.22 bits per heavy atom. The van der Waals surface area contributed by atoms with Gasteiger partial charge in [0.1, 0.15) is 0 Å². The second-order valence-electron chi connectivity index (χ2n) is 6.53. The molecule has 0 aromatic rings. The molecule has 0 aromatic carbocycles. The first-order chi connectivity index (χ1) is 8.78. The number of piperidine rings is 1. The minimum Gasteiger partial charge on any atom is -0.378 e. The van der Waals surface area contributed by atoms with Gasteiger partial charge in [-0.2, -0.15) is 0 Å². The summed E-state index contributed by atoms with van der Waals surface area (Å²) in [5.41, 5.74) is 6.57. The van der Waals surface area contributed by atoms with Gasteiger partial charge in [0.15, 0.2) is 0 Å². The van der Waals surface area contributed by atoms with Gasteiger partial charge in [-0.15, -0.1) is 0 Å². The summed E-state index contributed by atoms with van der Waals surface area (Å²) in [6.45, 7) is 6.23. The molecular formula is C15H28N2O. The van der Waals surface area contributed by atoms with E-state index in [-0.39, 0.29) is 0 Å². The van der Waals surface area contributed by atoms with Gasteiger partial charge >= 0.3 is 0 Å². The molecule has 2 bridgehead atoms. The number of fused-ring (bicyclic) bond motifs is 2. The van der Waals surface area contributed by atoms with Gasteiger partial charge in [-0.25, -0.2) is 0 Å². The first-order valence-corrected chi connectivity index (χ1v) is 7.85. The molecule has 2 aliphatic carbocycles. The molecular weight excluding hydrogens is 224 g/mol. The van der Waals surface area contributed by atoms with Crippen molar-refractivity contribution in [1.29, 1.82) is 0 Å². The molecule has 18 heavy (non-hydrogen) atoms. The molecule has 0 aromatic heterocycles. The summed E-state index contributed by atoms with van der Waals surface area (Å²) in [6.07, 6.45) is 8.60. The van der Waals surface area contributed by atoms with Gasteiger partial charge in [0.05, 0.1) is 6.10 Å². The summed E-state index contributed by atoms with van der Waals surface area (Å²) in [7, 11) is 0. The Labute approximate surface area is 111 Å². The van der Waals surface area contributed by atoms with E-state index >= 15 is 0 Å². The van der Waals surface area contributed by atoms with Gasteiger partial charge in [-0.05, 0) is 50.9 Å². The molecule has 3 fully saturated rings. The lowest BCUT2D eigenvalue weighted by molar-refractivity contribution is -0.0348. The van der Waals surface area contributed by atoms with Crippen molar-refractivity contribution in [2.24, 2.45) is 17.6 Å². The highest BCUT2D eigenvalue weighted by Gasteiger charge is 2.53. The van der Waals surface area contributed by atoms with Gasteiger partial charge < -0.3 is 10.5 Å². The molecule has 3 heteroatoms. The van der Waals surface area contributed by atoms with Gasteiger partial charge in [-0.1, -0.05) is 6.42 Å². The first-order valence-electron chi connectivity index (χ1n) is 7.85. The summed E-state index contributed by atoms with van der Waals surface area (Å²) in [6, 6.07) is 0. The Bertz CT molecular complexity index is 288. The van der Waals surface area contributed by atoms with Crippen LogP contribution in [0.2, 0.25) is 0 Å². The molecule has 104 valence electrons. The van der Waals surface area contributed by atoms with Crippen molar-refractivity contribution in [3.63, 3.8) is 0 Å². The molecule has 3 rings (SSSR count). The topological polar surface area (TPSA) is 38.5 Å². The van der Waals surface area contributed by atoms with E-state index < -0.39 is 0 Å². The van der Waals surface area contributed by atoms with Crippen LogP contribution in [0.15, 0.2) is 0 Å². The quantitative estimate of drug-likeness (QED) is 0.832. The third kappa shape index (κ3) is 2.00.